The average Bonchev–Trinajstić information content (AvgIpc) is 2.92. The molecule has 0 aliphatic carbocycles. The van der Waals surface area contributed by atoms with E-state index in [0.29, 0.717) is 11.8 Å². The molecule has 37 heavy (non-hydrogen) atoms. The van der Waals surface area contributed by atoms with Gasteiger partial charge in [-0.3, -0.25) is 14.4 Å². The van der Waals surface area contributed by atoms with Crippen LogP contribution in [-0.2, 0) is 38.6 Å². The van der Waals surface area contributed by atoms with Crippen LogP contribution in [0.5, 0.6) is 0 Å². The van der Waals surface area contributed by atoms with Gasteiger partial charge in [-0.15, -0.1) is 0 Å². The number of amides is 2. The minimum atomic E-state index is -1.25. The van der Waals surface area contributed by atoms with Crippen LogP contribution < -0.4 is 10.6 Å². The third-order valence-electron chi connectivity index (χ3n) is 5.44. The van der Waals surface area contributed by atoms with Gasteiger partial charge < -0.3 is 20.9 Å². The summed E-state index contributed by atoms with van der Waals surface area (Å²) in [4.78, 5) is 53.4. The highest BCUT2D eigenvalue weighted by Crippen LogP contribution is 2.08. The minimum Gasteiger partial charge on any atom is -0.445 e. The van der Waals surface area contributed by atoms with Crippen LogP contribution in [-0.4, -0.2) is 46.7 Å². The second-order valence-corrected chi connectivity index (χ2v) is 8.17. The summed E-state index contributed by atoms with van der Waals surface area (Å²) in [6.07, 6.45) is -0.194. The fourth-order valence-corrected chi connectivity index (χ4v) is 3.59. The monoisotopic (exact) mass is 498 g/mol. The highest BCUT2D eigenvalue weighted by atomic mass is 16.5. The Kier molecular flexibility index (Phi) is 10.0. The molecule has 0 saturated carbocycles. The van der Waals surface area contributed by atoms with Crippen LogP contribution in [0.4, 0.5) is 4.79 Å². The second kappa shape index (κ2) is 13.9. The SMILES string of the molecule is [N-]=[N+]=CC(=O)C(=O)[C@@H](Cc1ccccc1)NC(=O)[C@H](Cc1ccccc1)NC(=O)OCc1ccccc1. The van der Waals surface area contributed by atoms with Crippen molar-refractivity contribution in [1.29, 1.82) is 0 Å². The summed E-state index contributed by atoms with van der Waals surface area (Å²) in [6.45, 7) is 0.0104. The Hall–Kier alpha value is -4.88. The van der Waals surface area contributed by atoms with Crippen LogP contribution in [0.15, 0.2) is 91.0 Å². The molecule has 0 bridgehead atoms. The van der Waals surface area contributed by atoms with E-state index in [9.17, 15) is 19.2 Å². The zero-order chi connectivity index (χ0) is 26.5. The zero-order valence-corrected chi connectivity index (χ0v) is 19.9. The number of benzene rings is 3. The van der Waals surface area contributed by atoms with Gasteiger partial charge in [0.2, 0.25) is 11.7 Å². The van der Waals surface area contributed by atoms with Crippen LogP contribution in [0.2, 0.25) is 0 Å². The molecular formula is C28H26N4O5. The number of Topliss-reactive ketones (excluding diaryl/α,β-unsaturated/α-hetero) is 2. The molecule has 0 unspecified atom stereocenters. The number of ketones is 2. The van der Waals surface area contributed by atoms with Gasteiger partial charge in [-0.1, -0.05) is 91.0 Å². The van der Waals surface area contributed by atoms with Crippen molar-refractivity contribution in [3.63, 3.8) is 0 Å². The first-order valence-electron chi connectivity index (χ1n) is 11.6. The number of carbonyl (C=O) groups excluding carboxylic acids is 4. The van der Waals surface area contributed by atoms with E-state index in [1.807, 2.05) is 24.3 Å². The number of ether oxygens (including phenoxy) is 1. The van der Waals surface area contributed by atoms with E-state index < -0.39 is 35.7 Å². The van der Waals surface area contributed by atoms with Gasteiger partial charge in [0.1, 0.15) is 18.7 Å². The summed E-state index contributed by atoms with van der Waals surface area (Å²) in [5, 5.41) is 5.14. The first kappa shape index (κ1) is 26.7. The standard InChI is InChI=1S/C28H26N4O5/c29-30-18-25(33)26(34)23(16-20-10-4-1-5-11-20)31-27(35)24(17-21-12-6-2-7-13-21)32-28(36)37-19-22-14-8-3-9-15-22/h1-15,18,23-24H,16-17,19H2,(H,31,35)(H,32,36)/t23-,24+/m1/s1. The van der Waals surface area contributed by atoms with Crippen LogP contribution >= 0.6 is 0 Å². The molecule has 2 N–H and O–H groups in total. The van der Waals surface area contributed by atoms with Crippen molar-refractivity contribution in [2.45, 2.75) is 31.5 Å². The van der Waals surface area contributed by atoms with E-state index in [-0.39, 0.29) is 19.4 Å². The number of carbonyl (C=O) groups is 4. The zero-order valence-electron chi connectivity index (χ0n) is 19.9. The van der Waals surface area contributed by atoms with Gasteiger partial charge in [0.25, 0.3) is 0 Å². The minimum absolute atomic E-state index is 0.0104. The van der Waals surface area contributed by atoms with E-state index in [2.05, 4.69) is 15.4 Å². The lowest BCUT2D eigenvalue weighted by Crippen LogP contribution is -2.54. The van der Waals surface area contributed by atoms with Gasteiger partial charge in [0.15, 0.2) is 0 Å². The number of rotatable bonds is 12. The topological polar surface area (TPSA) is 138 Å². The lowest BCUT2D eigenvalue weighted by Gasteiger charge is -2.22. The van der Waals surface area contributed by atoms with E-state index in [1.54, 1.807) is 66.7 Å². The maximum atomic E-state index is 13.3. The summed E-state index contributed by atoms with van der Waals surface area (Å²) in [6, 6.07) is 24.5. The molecule has 3 aromatic rings. The Morgan fingerprint density at radius 1 is 0.730 bits per heavy atom. The predicted octanol–water partition coefficient (Wildman–Crippen LogP) is 2.69. The predicted molar refractivity (Wildman–Crippen MR) is 135 cm³/mol. The van der Waals surface area contributed by atoms with Crippen molar-refractivity contribution < 1.29 is 28.7 Å². The Morgan fingerprint density at radius 2 is 1.22 bits per heavy atom. The van der Waals surface area contributed by atoms with Crippen LogP contribution in [0, 0.1) is 0 Å². The smallest absolute Gasteiger partial charge is 0.408 e. The highest BCUT2D eigenvalue weighted by Gasteiger charge is 2.31. The number of nitrogens with zero attached hydrogens (tertiary/aromatic N) is 2. The van der Waals surface area contributed by atoms with Crippen molar-refractivity contribution in [3.05, 3.63) is 113 Å². The third-order valence-corrected chi connectivity index (χ3v) is 5.44. The Balaban J connectivity index is 1.77. The molecule has 0 radical (unpaired) electrons. The van der Waals surface area contributed by atoms with E-state index in [1.165, 1.54) is 0 Å². The molecule has 2 amide bonds. The Morgan fingerprint density at radius 3 is 1.73 bits per heavy atom. The van der Waals surface area contributed by atoms with Gasteiger partial charge in [-0.05, 0) is 16.7 Å². The lowest BCUT2D eigenvalue weighted by atomic mass is 9.99. The largest absolute Gasteiger partial charge is 0.445 e. The Labute approximate surface area is 214 Å². The molecule has 0 heterocycles. The van der Waals surface area contributed by atoms with E-state index >= 15 is 0 Å². The van der Waals surface area contributed by atoms with Gasteiger partial charge in [0.05, 0.1) is 0 Å². The van der Waals surface area contributed by atoms with Crippen molar-refractivity contribution in [1.82, 2.24) is 10.6 Å². The molecule has 0 saturated heterocycles. The molecule has 0 spiro atoms. The van der Waals surface area contributed by atoms with Crippen molar-refractivity contribution in [3.8, 4) is 0 Å². The normalized spacial score (nSPS) is 11.8. The maximum Gasteiger partial charge on any atom is 0.408 e. The Bertz CT molecular complexity index is 1260. The third kappa shape index (κ3) is 8.69. The maximum absolute atomic E-state index is 13.3. The molecule has 0 aliphatic heterocycles. The fourth-order valence-electron chi connectivity index (χ4n) is 3.59. The quantitative estimate of drug-likeness (QED) is 0.171. The molecule has 0 aliphatic rings. The molecule has 3 aromatic carbocycles. The molecule has 9 heteroatoms. The molecule has 188 valence electrons. The van der Waals surface area contributed by atoms with Crippen molar-refractivity contribution >= 4 is 29.8 Å². The second-order valence-electron chi connectivity index (χ2n) is 8.17. The molecular weight excluding hydrogens is 472 g/mol. The van der Waals surface area contributed by atoms with Crippen molar-refractivity contribution in [2.75, 3.05) is 0 Å². The van der Waals surface area contributed by atoms with E-state index in [0.717, 1.165) is 11.1 Å². The van der Waals surface area contributed by atoms with Gasteiger partial charge >= 0.3 is 18.1 Å². The van der Waals surface area contributed by atoms with E-state index in [4.69, 9.17) is 10.3 Å². The molecule has 0 fully saturated rings. The van der Waals surface area contributed by atoms with Gasteiger partial charge in [-0.2, -0.15) is 4.79 Å². The summed E-state index contributed by atoms with van der Waals surface area (Å²) in [5.74, 6) is -2.71. The lowest BCUT2D eigenvalue weighted by molar-refractivity contribution is -0.137. The van der Waals surface area contributed by atoms with Gasteiger partial charge in [0, 0.05) is 12.8 Å². The first-order chi connectivity index (χ1) is 18.0. The van der Waals surface area contributed by atoms with Gasteiger partial charge in [-0.25, -0.2) is 4.79 Å². The van der Waals surface area contributed by atoms with Crippen LogP contribution in [0.1, 0.15) is 16.7 Å². The molecule has 9 nitrogen and oxygen atoms in total. The number of hydrogen-bond acceptors (Lipinski definition) is 5. The number of alkyl carbamates (subject to hydrolysis) is 1. The summed E-state index contributed by atoms with van der Waals surface area (Å²) >= 11 is 0. The first-order valence-corrected chi connectivity index (χ1v) is 11.6. The molecule has 3 rings (SSSR count). The summed E-state index contributed by atoms with van der Waals surface area (Å²) < 4.78 is 5.27. The summed E-state index contributed by atoms with van der Waals surface area (Å²) in [7, 11) is 0. The fraction of sp³-hybridized carbons (Fsp3) is 0.179. The van der Waals surface area contributed by atoms with Crippen molar-refractivity contribution in [2.24, 2.45) is 0 Å². The molecule has 2 atom stereocenters. The average molecular weight is 499 g/mol. The van der Waals surface area contributed by atoms with Crippen LogP contribution in [0.25, 0.3) is 5.53 Å². The highest BCUT2D eigenvalue weighted by molar-refractivity contribution is 6.59. The molecule has 0 aromatic heterocycles. The van der Waals surface area contributed by atoms with Crippen LogP contribution in [0.3, 0.4) is 0 Å². The summed E-state index contributed by atoms with van der Waals surface area (Å²) in [5.41, 5.74) is 10.9. The number of nitrogens with one attached hydrogen (secondary N) is 2. The number of hydrogen-bond donors (Lipinski definition) is 2.